The Labute approximate surface area is 88.8 Å². The Morgan fingerprint density at radius 3 is 2.47 bits per heavy atom. The first-order valence-electron chi connectivity index (χ1n) is 4.07. The molecule has 0 unspecified atom stereocenters. The lowest BCUT2D eigenvalue weighted by molar-refractivity contribution is -0.138. The normalized spacial score (nSPS) is 14.0. The van der Waals surface area contributed by atoms with E-state index in [1.165, 1.54) is 6.07 Å². The molecule has 15 heavy (non-hydrogen) atoms. The zero-order valence-electron chi connectivity index (χ0n) is 7.48. The average molecular weight is 242 g/mol. The molecule has 1 rings (SSSR count). The van der Waals surface area contributed by atoms with E-state index in [0.717, 1.165) is 12.1 Å². The first-order valence-corrected chi connectivity index (χ1v) is 4.44. The molecule has 0 radical (unpaired) electrons. The van der Waals surface area contributed by atoms with Crippen LogP contribution in [0.5, 0.6) is 0 Å². The van der Waals surface area contributed by atoms with Crippen molar-refractivity contribution in [1.29, 1.82) is 0 Å². The van der Waals surface area contributed by atoms with Gasteiger partial charge in [-0.15, -0.1) is 0 Å². The first kappa shape index (κ1) is 12.3. The highest BCUT2D eigenvalue weighted by Gasteiger charge is 2.31. The van der Waals surface area contributed by atoms with Gasteiger partial charge < -0.3 is 5.73 Å². The molecular weight excluding hydrogens is 234 g/mol. The Morgan fingerprint density at radius 2 is 1.93 bits per heavy atom. The van der Waals surface area contributed by atoms with Crippen LogP contribution < -0.4 is 5.73 Å². The summed E-state index contributed by atoms with van der Waals surface area (Å²) in [6, 6.07) is 1.82. The van der Waals surface area contributed by atoms with Crippen molar-refractivity contribution >= 4 is 11.6 Å². The maximum absolute atomic E-state index is 12.7. The number of benzene rings is 1. The molecule has 0 amide bonds. The minimum absolute atomic E-state index is 0.0333. The van der Waals surface area contributed by atoms with Crippen molar-refractivity contribution in [1.82, 2.24) is 0 Å². The molecule has 0 aliphatic heterocycles. The third-order valence-corrected chi connectivity index (χ3v) is 2.15. The molecule has 1 nitrogen and oxygen atoms in total. The van der Waals surface area contributed by atoms with E-state index in [-0.39, 0.29) is 10.6 Å². The second-order valence-electron chi connectivity index (χ2n) is 3.09. The monoisotopic (exact) mass is 241 g/mol. The van der Waals surface area contributed by atoms with Gasteiger partial charge in [-0.05, 0) is 23.8 Å². The molecule has 0 spiro atoms. The van der Waals surface area contributed by atoms with Gasteiger partial charge in [0.2, 0.25) is 0 Å². The molecule has 2 N–H and O–H groups in total. The summed E-state index contributed by atoms with van der Waals surface area (Å²) in [7, 11) is 0. The van der Waals surface area contributed by atoms with Crippen LogP contribution in [0.4, 0.5) is 17.6 Å². The van der Waals surface area contributed by atoms with Gasteiger partial charge in [0.15, 0.2) is 0 Å². The summed E-state index contributed by atoms with van der Waals surface area (Å²) in [5.41, 5.74) is 5.25. The second-order valence-corrected chi connectivity index (χ2v) is 3.50. The van der Waals surface area contributed by atoms with Gasteiger partial charge in [0.05, 0.1) is 6.42 Å². The molecule has 0 fully saturated rings. The Kier molecular flexibility index (Phi) is 3.57. The van der Waals surface area contributed by atoms with Crippen LogP contribution in [0.2, 0.25) is 5.02 Å². The smallest absolute Gasteiger partial charge is 0.324 e. The largest absolute Gasteiger partial charge is 0.390 e. The van der Waals surface area contributed by atoms with E-state index < -0.39 is 24.5 Å². The van der Waals surface area contributed by atoms with E-state index in [2.05, 4.69) is 0 Å². The Hall–Kier alpha value is -0.810. The van der Waals surface area contributed by atoms with Crippen molar-refractivity contribution < 1.29 is 17.6 Å². The van der Waals surface area contributed by atoms with Crippen LogP contribution in [0.25, 0.3) is 0 Å². The summed E-state index contributed by atoms with van der Waals surface area (Å²) in [6.07, 6.45) is -5.62. The summed E-state index contributed by atoms with van der Waals surface area (Å²) in [4.78, 5) is 0. The van der Waals surface area contributed by atoms with Crippen molar-refractivity contribution in [2.24, 2.45) is 5.73 Å². The van der Waals surface area contributed by atoms with E-state index in [1.807, 2.05) is 0 Å². The van der Waals surface area contributed by atoms with Gasteiger partial charge in [-0.25, -0.2) is 4.39 Å². The van der Waals surface area contributed by atoms with Crippen molar-refractivity contribution in [2.45, 2.75) is 18.6 Å². The SMILES string of the molecule is N[C@H](CC(F)(F)F)c1cc(F)ccc1Cl. The van der Waals surface area contributed by atoms with Crippen molar-refractivity contribution in [3.63, 3.8) is 0 Å². The van der Waals surface area contributed by atoms with Gasteiger partial charge >= 0.3 is 6.18 Å². The van der Waals surface area contributed by atoms with Crippen LogP contribution in [-0.4, -0.2) is 6.18 Å². The zero-order chi connectivity index (χ0) is 11.6. The molecule has 0 heterocycles. The van der Waals surface area contributed by atoms with Crippen LogP contribution in [0.15, 0.2) is 18.2 Å². The standard InChI is InChI=1S/C9H8ClF4N/c10-7-2-1-5(11)3-6(7)8(15)4-9(12,13)14/h1-3,8H,4,15H2/t8-/m1/s1. The van der Waals surface area contributed by atoms with Gasteiger partial charge in [0.1, 0.15) is 5.82 Å². The minimum atomic E-state index is -4.39. The van der Waals surface area contributed by atoms with E-state index in [4.69, 9.17) is 17.3 Å². The minimum Gasteiger partial charge on any atom is -0.324 e. The highest BCUT2D eigenvalue weighted by atomic mass is 35.5. The van der Waals surface area contributed by atoms with Gasteiger partial charge in [-0.1, -0.05) is 11.6 Å². The highest BCUT2D eigenvalue weighted by Crippen LogP contribution is 2.31. The third-order valence-electron chi connectivity index (χ3n) is 1.81. The number of hydrogen-bond donors (Lipinski definition) is 1. The maximum Gasteiger partial charge on any atom is 0.390 e. The molecule has 6 heteroatoms. The van der Waals surface area contributed by atoms with Crippen LogP contribution in [-0.2, 0) is 0 Å². The van der Waals surface area contributed by atoms with Crippen LogP contribution in [0.1, 0.15) is 18.0 Å². The summed E-state index contributed by atoms with van der Waals surface area (Å²) in [6.45, 7) is 0. The molecule has 84 valence electrons. The predicted molar refractivity (Wildman–Crippen MR) is 49.0 cm³/mol. The molecule has 0 aromatic heterocycles. The average Bonchev–Trinajstić information content (AvgIpc) is 2.06. The zero-order valence-corrected chi connectivity index (χ0v) is 8.24. The summed E-state index contributed by atoms with van der Waals surface area (Å²) in [5.74, 6) is -0.660. The Morgan fingerprint density at radius 1 is 1.33 bits per heavy atom. The van der Waals surface area contributed by atoms with Crippen molar-refractivity contribution in [3.8, 4) is 0 Å². The first-order chi connectivity index (χ1) is 6.79. The second kappa shape index (κ2) is 4.37. The molecule has 0 saturated heterocycles. The third kappa shape index (κ3) is 3.68. The van der Waals surface area contributed by atoms with Crippen molar-refractivity contribution in [3.05, 3.63) is 34.6 Å². The maximum atomic E-state index is 12.7. The van der Waals surface area contributed by atoms with Gasteiger partial charge in [-0.3, -0.25) is 0 Å². The molecule has 1 atom stereocenters. The molecule has 0 saturated carbocycles. The topological polar surface area (TPSA) is 26.0 Å². The van der Waals surface area contributed by atoms with Gasteiger partial charge in [0, 0.05) is 11.1 Å². The number of alkyl halides is 3. The molecule has 0 aliphatic rings. The summed E-state index contributed by atoms with van der Waals surface area (Å²) < 4.78 is 48.8. The number of halogens is 5. The fraction of sp³-hybridized carbons (Fsp3) is 0.333. The molecule has 1 aromatic rings. The van der Waals surface area contributed by atoms with E-state index in [9.17, 15) is 17.6 Å². The lowest BCUT2D eigenvalue weighted by Gasteiger charge is -2.15. The fourth-order valence-electron chi connectivity index (χ4n) is 1.16. The number of nitrogens with two attached hydrogens (primary N) is 1. The van der Waals surface area contributed by atoms with E-state index in [0.29, 0.717) is 0 Å². The van der Waals surface area contributed by atoms with Crippen LogP contribution in [0, 0.1) is 5.82 Å². The predicted octanol–water partition coefficient (Wildman–Crippen LogP) is 3.43. The van der Waals surface area contributed by atoms with E-state index in [1.54, 1.807) is 0 Å². The van der Waals surface area contributed by atoms with Gasteiger partial charge in [-0.2, -0.15) is 13.2 Å². The molecule has 0 aliphatic carbocycles. The van der Waals surface area contributed by atoms with Gasteiger partial charge in [0.25, 0.3) is 0 Å². The lowest BCUT2D eigenvalue weighted by Crippen LogP contribution is -2.20. The number of rotatable bonds is 2. The van der Waals surface area contributed by atoms with Crippen LogP contribution >= 0.6 is 11.6 Å². The van der Waals surface area contributed by atoms with Crippen LogP contribution in [0.3, 0.4) is 0 Å². The lowest BCUT2D eigenvalue weighted by atomic mass is 10.0. The van der Waals surface area contributed by atoms with E-state index >= 15 is 0 Å². The quantitative estimate of drug-likeness (QED) is 0.789. The Balaban J connectivity index is 2.90. The molecular formula is C9H8ClF4N. The molecule has 0 bridgehead atoms. The number of hydrogen-bond acceptors (Lipinski definition) is 1. The summed E-state index contributed by atoms with van der Waals surface area (Å²) >= 11 is 5.61. The highest BCUT2D eigenvalue weighted by molar-refractivity contribution is 6.31. The molecule has 1 aromatic carbocycles. The summed E-state index contributed by atoms with van der Waals surface area (Å²) in [5, 5.41) is 0.0353. The van der Waals surface area contributed by atoms with Crippen molar-refractivity contribution in [2.75, 3.05) is 0 Å². The fourth-order valence-corrected chi connectivity index (χ4v) is 1.42. The Bertz CT molecular complexity index is 350.